The first-order valence-corrected chi connectivity index (χ1v) is 12.9. The van der Waals surface area contributed by atoms with E-state index in [0.29, 0.717) is 27.5 Å². The number of carbonyl (C=O) groups excluding carboxylic acids is 1. The maximum Gasteiger partial charge on any atom is 0.442 e. The van der Waals surface area contributed by atoms with Crippen molar-refractivity contribution in [1.29, 1.82) is 0 Å². The topological polar surface area (TPSA) is 146 Å². The minimum atomic E-state index is -2.96. The number of hydrogen-bond acceptors (Lipinski definition) is 9. The SMILES string of the molecule is CCOC(=O)N=S(C)(=O)c1ccc(Nc2ncc(C#Cc3cccc(O)c3)c(N[C@H](C)CO)n2)cc1. The first-order chi connectivity index (χ1) is 17.2. The lowest BCUT2D eigenvalue weighted by Crippen LogP contribution is -2.21. The molecule has 188 valence electrons. The molecule has 11 heteroatoms. The van der Waals surface area contributed by atoms with Gasteiger partial charge in [-0.3, -0.25) is 0 Å². The summed E-state index contributed by atoms with van der Waals surface area (Å²) in [5, 5.41) is 25.3. The lowest BCUT2D eigenvalue weighted by Gasteiger charge is -2.14. The van der Waals surface area contributed by atoms with Crippen molar-refractivity contribution in [3.63, 3.8) is 0 Å². The fourth-order valence-corrected chi connectivity index (χ4v) is 3.99. The molecule has 0 fully saturated rings. The molecule has 0 spiro atoms. The fourth-order valence-electron chi connectivity index (χ4n) is 2.91. The third-order valence-electron chi connectivity index (χ3n) is 4.70. The summed E-state index contributed by atoms with van der Waals surface area (Å²) < 4.78 is 21.2. The summed E-state index contributed by atoms with van der Waals surface area (Å²) in [4.78, 5) is 20.8. The lowest BCUT2D eigenvalue weighted by atomic mass is 10.2. The van der Waals surface area contributed by atoms with Crippen molar-refractivity contribution in [1.82, 2.24) is 9.97 Å². The smallest absolute Gasteiger partial charge is 0.442 e. The van der Waals surface area contributed by atoms with E-state index in [1.54, 1.807) is 68.6 Å². The van der Waals surface area contributed by atoms with Gasteiger partial charge in [0.2, 0.25) is 5.95 Å². The Morgan fingerprint density at radius 1 is 1.22 bits per heavy atom. The molecule has 3 rings (SSSR count). The summed E-state index contributed by atoms with van der Waals surface area (Å²) in [6.07, 6.45) is 2.04. The number of aliphatic hydroxyl groups excluding tert-OH is 1. The third kappa shape index (κ3) is 7.43. The molecule has 2 atom stereocenters. The number of nitrogens with zero attached hydrogens (tertiary/aromatic N) is 3. The summed E-state index contributed by atoms with van der Waals surface area (Å²) >= 11 is 0. The number of aliphatic hydroxyl groups is 1. The summed E-state index contributed by atoms with van der Waals surface area (Å²) in [5.41, 5.74) is 1.75. The highest BCUT2D eigenvalue weighted by Crippen LogP contribution is 2.21. The molecular formula is C25H27N5O5S. The van der Waals surface area contributed by atoms with Crippen LogP contribution in [0.2, 0.25) is 0 Å². The fraction of sp³-hybridized carbons (Fsp3) is 0.240. The molecular weight excluding hydrogens is 482 g/mol. The zero-order valence-corrected chi connectivity index (χ0v) is 20.9. The van der Waals surface area contributed by atoms with Crippen molar-refractivity contribution in [3.8, 4) is 17.6 Å². The number of ether oxygens (including phenoxy) is 1. The average Bonchev–Trinajstić information content (AvgIpc) is 2.83. The number of nitrogens with one attached hydrogen (secondary N) is 2. The van der Waals surface area contributed by atoms with E-state index in [-0.39, 0.29) is 31.0 Å². The van der Waals surface area contributed by atoms with E-state index in [4.69, 9.17) is 4.74 Å². The van der Waals surface area contributed by atoms with Crippen LogP contribution in [0.5, 0.6) is 5.75 Å². The van der Waals surface area contributed by atoms with Gasteiger partial charge in [-0.2, -0.15) is 4.98 Å². The van der Waals surface area contributed by atoms with Gasteiger partial charge in [0, 0.05) is 28.4 Å². The minimum Gasteiger partial charge on any atom is -0.508 e. The molecule has 0 aliphatic heterocycles. The quantitative estimate of drug-likeness (QED) is 0.350. The van der Waals surface area contributed by atoms with Gasteiger partial charge in [0.25, 0.3) is 0 Å². The van der Waals surface area contributed by atoms with Crippen LogP contribution >= 0.6 is 0 Å². The first-order valence-electron chi connectivity index (χ1n) is 11.0. The molecule has 1 amide bonds. The van der Waals surface area contributed by atoms with Gasteiger partial charge in [-0.1, -0.05) is 17.9 Å². The van der Waals surface area contributed by atoms with E-state index in [9.17, 15) is 19.2 Å². The van der Waals surface area contributed by atoms with Crippen LogP contribution in [0.25, 0.3) is 0 Å². The molecule has 1 unspecified atom stereocenters. The Morgan fingerprint density at radius 3 is 2.64 bits per heavy atom. The van der Waals surface area contributed by atoms with Crippen LogP contribution < -0.4 is 10.6 Å². The van der Waals surface area contributed by atoms with Crippen LogP contribution in [0, 0.1) is 11.8 Å². The van der Waals surface area contributed by atoms with E-state index in [1.165, 1.54) is 6.26 Å². The summed E-state index contributed by atoms with van der Waals surface area (Å²) in [6.45, 7) is 3.48. The van der Waals surface area contributed by atoms with Crippen LogP contribution in [0.15, 0.2) is 64.0 Å². The van der Waals surface area contributed by atoms with Gasteiger partial charge < -0.3 is 25.6 Å². The molecule has 3 aromatic rings. The second-order valence-electron chi connectivity index (χ2n) is 7.73. The molecule has 4 N–H and O–H groups in total. The number of rotatable bonds is 7. The van der Waals surface area contributed by atoms with Gasteiger partial charge in [0.15, 0.2) is 0 Å². The molecule has 0 aliphatic carbocycles. The van der Waals surface area contributed by atoms with Crippen molar-refractivity contribution in [3.05, 3.63) is 65.9 Å². The van der Waals surface area contributed by atoms with Gasteiger partial charge >= 0.3 is 6.09 Å². The zero-order valence-electron chi connectivity index (χ0n) is 20.1. The van der Waals surface area contributed by atoms with E-state index >= 15 is 0 Å². The standard InChI is InChI=1S/C25H27N5O5S/c1-4-35-25(33)30-36(3,34)22-12-10-20(11-13-22)28-24-26-15-19(23(29-24)27-17(2)16-31)9-8-18-6-5-7-21(32)14-18/h5-7,10-15,17,31-32H,4,16H2,1-3H3,(H2,26,27,28,29)/t17-,36?/m1/s1. The van der Waals surface area contributed by atoms with Gasteiger partial charge in [-0.05, 0) is 56.3 Å². The average molecular weight is 510 g/mol. The van der Waals surface area contributed by atoms with Crippen LogP contribution in [-0.4, -0.2) is 56.0 Å². The monoisotopic (exact) mass is 509 g/mol. The highest BCUT2D eigenvalue weighted by Gasteiger charge is 2.12. The van der Waals surface area contributed by atoms with Crippen molar-refractivity contribution < 1.29 is 24.0 Å². The first kappa shape index (κ1) is 26.5. The van der Waals surface area contributed by atoms with Gasteiger partial charge in [0.1, 0.15) is 11.6 Å². The predicted molar refractivity (Wildman–Crippen MR) is 138 cm³/mol. The Bertz CT molecular complexity index is 1410. The maximum atomic E-state index is 12.8. The number of benzene rings is 2. The summed E-state index contributed by atoms with van der Waals surface area (Å²) in [6, 6.07) is 12.8. The Hall–Kier alpha value is -4.14. The second-order valence-corrected chi connectivity index (χ2v) is 9.99. The van der Waals surface area contributed by atoms with E-state index in [0.717, 1.165) is 0 Å². The van der Waals surface area contributed by atoms with E-state index < -0.39 is 15.8 Å². The lowest BCUT2D eigenvalue weighted by molar-refractivity contribution is 0.164. The van der Waals surface area contributed by atoms with Crippen molar-refractivity contribution in [2.45, 2.75) is 24.8 Å². The Balaban J connectivity index is 1.85. The number of aromatic nitrogens is 2. The molecule has 0 bridgehead atoms. The van der Waals surface area contributed by atoms with Crippen molar-refractivity contribution >= 4 is 33.3 Å². The number of carbonyl (C=O) groups is 1. The predicted octanol–water partition coefficient (Wildman–Crippen LogP) is 3.73. The summed E-state index contributed by atoms with van der Waals surface area (Å²) in [7, 11) is -2.96. The maximum absolute atomic E-state index is 12.8. The van der Waals surface area contributed by atoms with Gasteiger partial charge in [-0.25, -0.2) is 14.0 Å². The Morgan fingerprint density at radius 2 is 1.97 bits per heavy atom. The van der Waals surface area contributed by atoms with E-state index in [2.05, 4.69) is 36.8 Å². The number of hydrogen-bond donors (Lipinski definition) is 4. The highest BCUT2D eigenvalue weighted by atomic mass is 32.2. The third-order valence-corrected chi connectivity index (χ3v) is 6.34. The van der Waals surface area contributed by atoms with Crippen molar-refractivity contribution in [2.75, 3.05) is 30.1 Å². The molecule has 10 nitrogen and oxygen atoms in total. The Labute approximate surface area is 210 Å². The van der Waals surface area contributed by atoms with E-state index in [1.807, 2.05) is 0 Å². The number of aromatic hydroxyl groups is 1. The normalized spacial score (nSPS) is 12.9. The number of anilines is 3. The van der Waals surface area contributed by atoms with Crippen LogP contribution in [0.4, 0.5) is 22.2 Å². The molecule has 0 aliphatic rings. The molecule has 0 radical (unpaired) electrons. The largest absolute Gasteiger partial charge is 0.508 e. The zero-order chi connectivity index (χ0) is 26.1. The number of phenols is 1. The van der Waals surface area contributed by atoms with Crippen LogP contribution in [-0.2, 0) is 14.5 Å². The molecule has 0 saturated heterocycles. The second kappa shape index (κ2) is 12.0. The minimum absolute atomic E-state index is 0.110. The Kier molecular flexibility index (Phi) is 8.83. The molecule has 2 aromatic carbocycles. The van der Waals surface area contributed by atoms with Crippen LogP contribution in [0.1, 0.15) is 25.0 Å². The van der Waals surface area contributed by atoms with Gasteiger partial charge in [0.05, 0.1) is 34.7 Å². The van der Waals surface area contributed by atoms with Gasteiger partial charge in [-0.15, -0.1) is 4.36 Å². The van der Waals surface area contributed by atoms with Crippen LogP contribution in [0.3, 0.4) is 0 Å². The molecule has 1 aromatic heterocycles. The number of phenolic OH excluding ortho intramolecular Hbond substituents is 1. The number of amides is 1. The molecule has 36 heavy (non-hydrogen) atoms. The summed E-state index contributed by atoms with van der Waals surface area (Å²) in [5.74, 6) is 6.75. The highest BCUT2D eigenvalue weighted by molar-refractivity contribution is 7.93. The molecule has 1 heterocycles. The van der Waals surface area contributed by atoms with Crippen molar-refractivity contribution in [2.24, 2.45) is 4.36 Å². The molecule has 0 saturated carbocycles.